The average Bonchev–Trinajstić information content (AvgIpc) is 1.84. The highest BCUT2D eigenvalue weighted by Gasteiger charge is 2.15. The van der Waals surface area contributed by atoms with Gasteiger partial charge >= 0.3 is 0 Å². The second-order valence-electron chi connectivity index (χ2n) is 3.34. The number of hydrogen-bond acceptors (Lipinski definition) is 2. The second kappa shape index (κ2) is 4.69. The molecule has 62 valence electrons. The summed E-state index contributed by atoms with van der Waals surface area (Å²) in [4.78, 5) is 0. The zero-order valence-electron chi connectivity index (χ0n) is 7.31. The molecule has 0 amide bonds. The molecule has 0 heterocycles. The van der Waals surface area contributed by atoms with Crippen LogP contribution in [0.1, 0.15) is 27.2 Å². The molecule has 0 aromatic carbocycles. The Hall–Kier alpha value is -0.0800. The first-order valence-electron chi connectivity index (χ1n) is 3.90. The van der Waals surface area contributed by atoms with E-state index >= 15 is 0 Å². The lowest BCUT2D eigenvalue weighted by Crippen LogP contribution is -2.22. The summed E-state index contributed by atoms with van der Waals surface area (Å²) in [5, 5.41) is 0. The molecule has 2 heteroatoms. The molecule has 0 unspecified atom stereocenters. The number of rotatable bonds is 5. The molecule has 0 fully saturated rings. The summed E-state index contributed by atoms with van der Waals surface area (Å²) in [5.41, 5.74) is 5.69. The molecule has 0 spiro atoms. The van der Waals surface area contributed by atoms with Crippen LogP contribution < -0.4 is 5.73 Å². The normalized spacial score (nSPS) is 12.0. The summed E-state index contributed by atoms with van der Waals surface area (Å²) in [6, 6.07) is 0. The molecule has 0 aliphatic carbocycles. The van der Waals surface area contributed by atoms with Gasteiger partial charge in [-0.25, -0.2) is 0 Å². The molecule has 0 saturated heterocycles. The number of hydrogen-bond donors (Lipinski definition) is 1. The van der Waals surface area contributed by atoms with E-state index in [1.54, 1.807) is 0 Å². The molecule has 2 N–H and O–H groups in total. The standard InChI is InChI=1S/C8H19NO/c1-4-10-7-8(2,3)5-6-9/h4-7,9H2,1-3H3. The summed E-state index contributed by atoms with van der Waals surface area (Å²) in [6.07, 6.45) is 1.03. The lowest BCUT2D eigenvalue weighted by Gasteiger charge is -2.22. The molecule has 2 nitrogen and oxygen atoms in total. The fourth-order valence-electron chi connectivity index (χ4n) is 0.841. The van der Waals surface area contributed by atoms with Crippen molar-refractivity contribution in [2.24, 2.45) is 11.1 Å². The third-order valence-electron chi connectivity index (χ3n) is 1.52. The van der Waals surface area contributed by atoms with Crippen LogP contribution in [0.4, 0.5) is 0 Å². The number of nitrogens with two attached hydrogens (primary N) is 1. The van der Waals surface area contributed by atoms with Crippen LogP contribution in [0, 0.1) is 5.41 Å². The van der Waals surface area contributed by atoms with E-state index < -0.39 is 0 Å². The van der Waals surface area contributed by atoms with Crippen LogP contribution in [-0.4, -0.2) is 19.8 Å². The third-order valence-corrected chi connectivity index (χ3v) is 1.52. The molecule has 0 atom stereocenters. The highest BCUT2D eigenvalue weighted by atomic mass is 16.5. The predicted octanol–water partition coefficient (Wildman–Crippen LogP) is 1.40. The molecule has 0 aliphatic heterocycles. The summed E-state index contributed by atoms with van der Waals surface area (Å²) >= 11 is 0. The van der Waals surface area contributed by atoms with E-state index in [0.717, 1.165) is 26.2 Å². The lowest BCUT2D eigenvalue weighted by molar-refractivity contribution is 0.0674. The summed E-state index contributed by atoms with van der Waals surface area (Å²) in [6.45, 7) is 8.73. The quantitative estimate of drug-likeness (QED) is 0.634. The SMILES string of the molecule is CCOCC(C)(C)CCN. The first-order valence-corrected chi connectivity index (χ1v) is 3.90. The van der Waals surface area contributed by atoms with E-state index in [0.29, 0.717) is 0 Å². The zero-order valence-corrected chi connectivity index (χ0v) is 7.31. The van der Waals surface area contributed by atoms with E-state index in [-0.39, 0.29) is 5.41 Å². The Balaban J connectivity index is 3.42. The van der Waals surface area contributed by atoms with Gasteiger partial charge in [0.1, 0.15) is 0 Å². The Morgan fingerprint density at radius 3 is 2.40 bits per heavy atom. The monoisotopic (exact) mass is 145 g/mol. The van der Waals surface area contributed by atoms with Crippen LogP contribution in [0.2, 0.25) is 0 Å². The molecule has 0 bridgehead atoms. The maximum absolute atomic E-state index is 5.43. The highest BCUT2D eigenvalue weighted by molar-refractivity contribution is 4.67. The van der Waals surface area contributed by atoms with Gasteiger partial charge in [-0.05, 0) is 25.3 Å². The second-order valence-corrected chi connectivity index (χ2v) is 3.34. The maximum Gasteiger partial charge on any atom is 0.0517 e. The zero-order chi connectivity index (χ0) is 8.04. The molecule has 0 radical (unpaired) electrons. The summed E-state index contributed by atoms with van der Waals surface area (Å²) < 4.78 is 5.30. The predicted molar refractivity (Wildman–Crippen MR) is 43.9 cm³/mol. The van der Waals surface area contributed by atoms with Crippen molar-refractivity contribution in [2.45, 2.75) is 27.2 Å². The van der Waals surface area contributed by atoms with Crippen LogP contribution in [0.15, 0.2) is 0 Å². The van der Waals surface area contributed by atoms with Gasteiger partial charge in [-0.1, -0.05) is 13.8 Å². The van der Waals surface area contributed by atoms with Crippen LogP contribution in [0.3, 0.4) is 0 Å². The van der Waals surface area contributed by atoms with Crippen molar-refractivity contribution in [1.29, 1.82) is 0 Å². The van der Waals surface area contributed by atoms with Gasteiger partial charge in [-0.15, -0.1) is 0 Å². The van der Waals surface area contributed by atoms with Crippen molar-refractivity contribution in [1.82, 2.24) is 0 Å². The van der Waals surface area contributed by atoms with E-state index in [1.807, 2.05) is 6.92 Å². The number of ether oxygens (including phenoxy) is 1. The minimum Gasteiger partial charge on any atom is -0.381 e. The van der Waals surface area contributed by atoms with Crippen molar-refractivity contribution in [2.75, 3.05) is 19.8 Å². The van der Waals surface area contributed by atoms with E-state index in [2.05, 4.69) is 13.8 Å². The Morgan fingerprint density at radius 1 is 1.40 bits per heavy atom. The molecule has 10 heavy (non-hydrogen) atoms. The van der Waals surface area contributed by atoms with Gasteiger partial charge in [0, 0.05) is 6.61 Å². The van der Waals surface area contributed by atoms with Crippen molar-refractivity contribution < 1.29 is 4.74 Å². The average molecular weight is 145 g/mol. The van der Waals surface area contributed by atoms with Crippen molar-refractivity contribution in [3.8, 4) is 0 Å². The first kappa shape index (κ1) is 9.92. The topological polar surface area (TPSA) is 35.2 Å². The maximum atomic E-state index is 5.43. The fourth-order valence-corrected chi connectivity index (χ4v) is 0.841. The van der Waals surface area contributed by atoms with Crippen LogP contribution >= 0.6 is 0 Å². The van der Waals surface area contributed by atoms with Gasteiger partial charge in [-0.3, -0.25) is 0 Å². The third kappa shape index (κ3) is 4.77. The van der Waals surface area contributed by atoms with Crippen molar-refractivity contribution in [3.05, 3.63) is 0 Å². The fraction of sp³-hybridized carbons (Fsp3) is 1.00. The minimum atomic E-state index is 0.255. The van der Waals surface area contributed by atoms with E-state index in [4.69, 9.17) is 10.5 Å². The summed E-state index contributed by atoms with van der Waals surface area (Å²) in [7, 11) is 0. The van der Waals surface area contributed by atoms with Crippen molar-refractivity contribution >= 4 is 0 Å². The Kier molecular flexibility index (Phi) is 4.65. The largest absolute Gasteiger partial charge is 0.381 e. The Bertz CT molecular complexity index is 81.3. The van der Waals surface area contributed by atoms with Crippen LogP contribution in [0.25, 0.3) is 0 Å². The van der Waals surface area contributed by atoms with Crippen LogP contribution in [0.5, 0.6) is 0 Å². The first-order chi connectivity index (χ1) is 4.62. The molecule has 0 aromatic rings. The minimum absolute atomic E-state index is 0.255. The van der Waals surface area contributed by atoms with Gasteiger partial charge in [0.05, 0.1) is 6.61 Å². The molecular weight excluding hydrogens is 126 g/mol. The Labute approximate surface area is 63.7 Å². The van der Waals surface area contributed by atoms with Crippen molar-refractivity contribution in [3.63, 3.8) is 0 Å². The van der Waals surface area contributed by atoms with E-state index in [1.165, 1.54) is 0 Å². The molecule has 0 aromatic heterocycles. The molecule has 0 rings (SSSR count). The Morgan fingerprint density at radius 2 is 2.00 bits per heavy atom. The van der Waals surface area contributed by atoms with Gasteiger partial charge in [-0.2, -0.15) is 0 Å². The smallest absolute Gasteiger partial charge is 0.0517 e. The van der Waals surface area contributed by atoms with Gasteiger partial charge < -0.3 is 10.5 Å². The highest BCUT2D eigenvalue weighted by Crippen LogP contribution is 2.18. The molecule has 0 aliphatic rings. The van der Waals surface area contributed by atoms with Gasteiger partial charge in [0.15, 0.2) is 0 Å². The lowest BCUT2D eigenvalue weighted by atomic mass is 9.91. The molecular formula is C8H19NO. The van der Waals surface area contributed by atoms with E-state index in [9.17, 15) is 0 Å². The molecule has 0 saturated carbocycles. The summed E-state index contributed by atoms with van der Waals surface area (Å²) in [5.74, 6) is 0. The van der Waals surface area contributed by atoms with Crippen LogP contribution in [-0.2, 0) is 4.74 Å². The van der Waals surface area contributed by atoms with Gasteiger partial charge in [0.2, 0.25) is 0 Å². The van der Waals surface area contributed by atoms with Gasteiger partial charge in [0.25, 0.3) is 0 Å².